The van der Waals surface area contributed by atoms with Gasteiger partial charge in [0.25, 0.3) is 8.32 Å². The van der Waals surface area contributed by atoms with Gasteiger partial charge in [-0.05, 0) is 57.8 Å². The molecule has 1 aliphatic rings. The summed E-state index contributed by atoms with van der Waals surface area (Å²) in [7, 11) is -2.95. The molecule has 0 saturated heterocycles. The average Bonchev–Trinajstić information content (AvgIpc) is 3.00. The van der Waals surface area contributed by atoms with E-state index < -0.39 is 8.32 Å². The quantitative estimate of drug-likeness (QED) is 0.436. The molecule has 168 valence electrons. The Morgan fingerprint density at radius 3 is 1.97 bits per heavy atom. The van der Waals surface area contributed by atoms with Crippen LogP contribution in [0.3, 0.4) is 0 Å². The molecular weight excluding hydrogens is 396 g/mol. The van der Waals surface area contributed by atoms with Gasteiger partial charge >= 0.3 is 0 Å². The molecule has 3 rings (SSSR count). The third kappa shape index (κ3) is 4.33. The smallest absolute Gasteiger partial charge is 0.258 e. The summed E-state index contributed by atoms with van der Waals surface area (Å²) in [6.07, 6.45) is 8.60. The first-order valence-electron chi connectivity index (χ1n) is 11.7. The van der Waals surface area contributed by atoms with Crippen LogP contribution in [0.4, 0.5) is 0 Å². The Morgan fingerprint density at radius 1 is 0.968 bits per heavy atom. The minimum Gasteiger partial charge on any atom is -0.424 e. The maximum Gasteiger partial charge on any atom is 0.258 e. The van der Waals surface area contributed by atoms with Crippen LogP contribution in [0.15, 0.2) is 72.8 Å². The Kier molecular flexibility index (Phi) is 7.00. The van der Waals surface area contributed by atoms with E-state index in [1.165, 1.54) is 6.42 Å². The van der Waals surface area contributed by atoms with Gasteiger partial charge in [0.1, 0.15) is 0 Å². The molecule has 2 N–H and O–H groups in total. The largest absolute Gasteiger partial charge is 0.424 e. The molecule has 2 aromatic rings. The fourth-order valence-corrected chi connectivity index (χ4v) is 9.51. The molecule has 0 amide bonds. The van der Waals surface area contributed by atoms with Gasteiger partial charge in [0.2, 0.25) is 0 Å². The molecule has 1 fully saturated rings. The van der Waals surface area contributed by atoms with Gasteiger partial charge in [0, 0.05) is 0 Å². The standard InChI is InChI=1S/C28H40O2Si/c1-26(2,20-17-23-18-21-28(5,19-12-22-29)27(23,3)4)31(30,24-13-8-6-9-14-24)25-15-10-7-11-16-25/h6-16,19,23,29-30H,17-18,20-22H2,1-5H3/b19-12+/t23-,28+/m1/s1. The molecule has 0 aliphatic heterocycles. The predicted octanol–water partition coefficient (Wildman–Crippen LogP) is 5.29. The van der Waals surface area contributed by atoms with Crippen molar-refractivity contribution in [3.8, 4) is 0 Å². The summed E-state index contributed by atoms with van der Waals surface area (Å²) in [4.78, 5) is 12.4. The first-order chi connectivity index (χ1) is 14.6. The average molecular weight is 437 g/mol. The van der Waals surface area contributed by atoms with Crippen LogP contribution in [-0.2, 0) is 0 Å². The number of rotatable bonds is 8. The fraction of sp³-hybridized carbons (Fsp3) is 0.500. The van der Waals surface area contributed by atoms with Crippen molar-refractivity contribution in [2.45, 2.75) is 65.3 Å². The van der Waals surface area contributed by atoms with Gasteiger partial charge in [0.15, 0.2) is 0 Å². The normalized spacial score (nSPS) is 24.0. The van der Waals surface area contributed by atoms with E-state index in [-0.39, 0.29) is 22.5 Å². The van der Waals surface area contributed by atoms with Crippen molar-refractivity contribution < 1.29 is 9.90 Å². The Balaban J connectivity index is 1.88. The van der Waals surface area contributed by atoms with Gasteiger partial charge in [-0.15, -0.1) is 0 Å². The van der Waals surface area contributed by atoms with Crippen molar-refractivity contribution in [1.29, 1.82) is 0 Å². The summed E-state index contributed by atoms with van der Waals surface area (Å²) in [5, 5.41) is 11.3. The highest BCUT2D eigenvalue weighted by molar-refractivity contribution is 6.98. The van der Waals surface area contributed by atoms with E-state index >= 15 is 0 Å². The van der Waals surface area contributed by atoms with Crippen molar-refractivity contribution in [1.82, 2.24) is 0 Å². The molecule has 0 aromatic heterocycles. The van der Waals surface area contributed by atoms with Gasteiger partial charge in [-0.1, -0.05) is 107 Å². The van der Waals surface area contributed by atoms with Crippen LogP contribution >= 0.6 is 0 Å². The molecule has 3 heteroatoms. The molecule has 2 aromatic carbocycles. The summed E-state index contributed by atoms with van der Waals surface area (Å²) in [6, 6.07) is 20.7. The zero-order valence-corrected chi connectivity index (χ0v) is 20.9. The van der Waals surface area contributed by atoms with E-state index in [2.05, 4.69) is 65.0 Å². The Morgan fingerprint density at radius 2 is 1.48 bits per heavy atom. The predicted molar refractivity (Wildman–Crippen MR) is 134 cm³/mol. The lowest BCUT2D eigenvalue weighted by Crippen LogP contribution is -2.65. The van der Waals surface area contributed by atoms with E-state index in [0.717, 1.165) is 29.6 Å². The number of allylic oxidation sites excluding steroid dienone is 1. The lowest BCUT2D eigenvalue weighted by Gasteiger charge is -2.44. The van der Waals surface area contributed by atoms with Gasteiger partial charge in [-0.2, -0.15) is 0 Å². The van der Waals surface area contributed by atoms with Crippen LogP contribution in [0.25, 0.3) is 0 Å². The second kappa shape index (κ2) is 9.05. The summed E-state index contributed by atoms with van der Waals surface area (Å²) in [6.45, 7) is 11.8. The van der Waals surface area contributed by atoms with Gasteiger partial charge < -0.3 is 9.90 Å². The van der Waals surface area contributed by atoms with Crippen molar-refractivity contribution in [2.75, 3.05) is 6.61 Å². The summed E-state index contributed by atoms with van der Waals surface area (Å²) >= 11 is 0. The minimum atomic E-state index is -2.95. The van der Waals surface area contributed by atoms with Crippen molar-refractivity contribution in [3.05, 3.63) is 72.8 Å². The lowest BCUT2D eigenvalue weighted by atomic mass is 9.64. The number of aliphatic hydroxyl groups is 1. The van der Waals surface area contributed by atoms with Crippen molar-refractivity contribution >= 4 is 18.7 Å². The monoisotopic (exact) mass is 436 g/mol. The van der Waals surface area contributed by atoms with E-state index in [4.69, 9.17) is 0 Å². The van der Waals surface area contributed by atoms with Crippen molar-refractivity contribution in [3.63, 3.8) is 0 Å². The zero-order chi connectivity index (χ0) is 22.8. The van der Waals surface area contributed by atoms with E-state index in [1.807, 2.05) is 42.5 Å². The first kappa shape index (κ1) is 24.0. The fourth-order valence-electron chi connectivity index (χ4n) is 5.76. The molecule has 2 atom stereocenters. The highest BCUT2D eigenvalue weighted by atomic mass is 28.4. The Bertz CT molecular complexity index is 833. The molecule has 2 nitrogen and oxygen atoms in total. The minimum absolute atomic E-state index is 0.107. The number of hydrogen-bond donors (Lipinski definition) is 2. The van der Waals surface area contributed by atoms with Gasteiger partial charge in [-0.25, -0.2) is 0 Å². The second-order valence-corrected chi connectivity index (χ2v) is 14.8. The molecule has 0 heterocycles. The highest BCUT2D eigenvalue weighted by Crippen LogP contribution is 2.59. The zero-order valence-electron chi connectivity index (χ0n) is 19.9. The number of hydrogen-bond acceptors (Lipinski definition) is 2. The van der Waals surface area contributed by atoms with Crippen LogP contribution in [0.5, 0.6) is 0 Å². The molecular formula is C28H40O2Si. The van der Waals surface area contributed by atoms with Crippen LogP contribution in [0.2, 0.25) is 5.04 Å². The number of aliphatic hydroxyl groups excluding tert-OH is 1. The first-order valence-corrected chi connectivity index (χ1v) is 13.7. The maximum absolute atomic E-state index is 12.4. The second-order valence-electron chi connectivity index (χ2n) is 10.8. The van der Waals surface area contributed by atoms with Gasteiger partial charge in [0.05, 0.1) is 6.61 Å². The molecule has 0 bridgehead atoms. The van der Waals surface area contributed by atoms with E-state index in [1.54, 1.807) is 0 Å². The third-order valence-corrected chi connectivity index (χ3v) is 13.1. The molecule has 0 radical (unpaired) electrons. The van der Waals surface area contributed by atoms with Crippen LogP contribution in [0.1, 0.15) is 60.3 Å². The van der Waals surface area contributed by atoms with E-state index in [0.29, 0.717) is 5.92 Å². The van der Waals surface area contributed by atoms with Crippen LogP contribution in [-0.4, -0.2) is 24.8 Å². The molecule has 1 aliphatic carbocycles. The van der Waals surface area contributed by atoms with Crippen LogP contribution < -0.4 is 10.4 Å². The van der Waals surface area contributed by atoms with E-state index in [9.17, 15) is 9.90 Å². The summed E-state index contributed by atoms with van der Waals surface area (Å²) < 4.78 is 0. The Hall–Kier alpha value is -1.68. The molecule has 0 unspecified atom stereocenters. The Labute approximate surface area is 190 Å². The SMILES string of the molecule is CC1(C)[C@H](CCC(C)(C)[Si](O)(c2ccccc2)c2ccccc2)CC[C@]1(C)/C=C/CO. The topological polar surface area (TPSA) is 40.5 Å². The lowest BCUT2D eigenvalue weighted by molar-refractivity contribution is 0.124. The van der Waals surface area contributed by atoms with Gasteiger partial charge in [-0.3, -0.25) is 0 Å². The third-order valence-electron chi connectivity index (χ3n) is 8.58. The van der Waals surface area contributed by atoms with Crippen LogP contribution in [0, 0.1) is 16.7 Å². The van der Waals surface area contributed by atoms with Crippen molar-refractivity contribution in [2.24, 2.45) is 16.7 Å². The maximum atomic E-state index is 12.4. The molecule has 0 spiro atoms. The highest BCUT2D eigenvalue weighted by Gasteiger charge is 2.53. The molecule has 31 heavy (non-hydrogen) atoms. The molecule has 1 saturated carbocycles. The number of benzene rings is 2. The summed E-state index contributed by atoms with van der Waals surface area (Å²) in [5.74, 6) is 0.602. The summed E-state index contributed by atoms with van der Waals surface area (Å²) in [5.41, 5.74) is 0.269.